The number of halogens is 2. The van der Waals surface area contributed by atoms with Gasteiger partial charge < -0.3 is 19.6 Å². The van der Waals surface area contributed by atoms with Crippen LogP contribution in [0.3, 0.4) is 0 Å². The topological polar surface area (TPSA) is 138 Å². The summed E-state index contributed by atoms with van der Waals surface area (Å²) >= 11 is 0. The average molecular weight is 613 g/mol. The number of benzene rings is 2. The molecular weight excluding hydrogens is 577 g/mol. The maximum Gasteiger partial charge on any atom is 0.412 e. The van der Waals surface area contributed by atoms with Gasteiger partial charge in [0.25, 0.3) is 0 Å². The van der Waals surface area contributed by atoms with E-state index >= 15 is 0 Å². The van der Waals surface area contributed by atoms with E-state index in [-0.39, 0.29) is 43.3 Å². The number of nitrogens with two attached hydrogens (primary N) is 1. The van der Waals surface area contributed by atoms with Crippen molar-refractivity contribution in [1.29, 1.82) is 5.41 Å². The molecule has 2 aromatic rings. The summed E-state index contributed by atoms with van der Waals surface area (Å²) < 4.78 is 37.5. The molecule has 0 amide bonds. The lowest BCUT2D eigenvalue weighted by molar-refractivity contribution is -0.131. The first-order chi connectivity index (χ1) is 18.2. The van der Waals surface area contributed by atoms with E-state index in [0.717, 1.165) is 62.1 Å². The first-order valence-electron chi connectivity index (χ1n) is 12.6. The van der Waals surface area contributed by atoms with Crippen LogP contribution in [0.4, 0.5) is 5.69 Å². The molecule has 3 N–H and O–H groups in total. The highest BCUT2D eigenvalue weighted by Crippen LogP contribution is 2.26. The fourth-order valence-electron chi connectivity index (χ4n) is 4.51. The predicted molar refractivity (Wildman–Crippen MR) is 162 cm³/mol. The first kappa shape index (κ1) is 32.9. The van der Waals surface area contributed by atoms with Crippen LogP contribution in [0.5, 0.6) is 5.75 Å². The number of likely N-dealkylation sites (tertiary alicyclic amines) is 1. The molecule has 0 radical (unpaired) electrons. The van der Waals surface area contributed by atoms with E-state index in [1.165, 1.54) is 5.84 Å². The lowest BCUT2D eigenvalue weighted by Gasteiger charge is -2.33. The van der Waals surface area contributed by atoms with Gasteiger partial charge in [-0.25, -0.2) is 4.31 Å². The maximum atomic E-state index is 12.8. The van der Waals surface area contributed by atoms with Crippen molar-refractivity contribution in [1.82, 2.24) is 4.90 Å². The molecule has 0 bridgehead atoms. The maximum absolute atomic E-state index is 12.8. The third-order valence-electron chi connectivity index (χ3n) is 6.36. The summed E-state index contributed by atoms with van der Waals surface area (Å²) in [6, 6.07) is 13.7. The number of carbonyl (C=O) groups excluding carboxylic acids is 1. The van der Waals surface area contributed by atoms with Crippen LogP contribution >= 0.6 is 24.8 Å². The summed E-state index contributed by atoms with van der Waals surface area (Å²) in [5.41, 5.74) is 7.18. The van der Waals surface area contributed by atoms with E-state index in [0.29, 0.717) is 17.0 Å². The summed E-state index contributed by atoms with van der Waals surface area (Å²) in [4.78, 5) is 18.4. The van der Waals surface area contributed by atoms with Crippen molar-refractivity contribution >= 4 is 64.5 Å². The largest absolute Gasteiger partial charge is 0.490 e. The second-order valence-electron chi connectivity index (χ2n) is 9.20. The Balaban J connectivity index is 0.00000280. The molecule has 0 aromatic heterocycles. The van der Waals surface area contributed by atoms with Crippen LogP contribution in [-0.4, -0.2) is 63.2 Å². The fraction of sp³-hybridized carbons (Fsp3) is 0.370. The number of nitrogens with one attached hydrogen (secondary N) is 1. The van der Waals surface area contributed by atoms with Gasteiger partial charge in [0.2, 0.25) is 0 Å². The van der Waals surface area contributed by atoms with Gasteiger partial charge in [-0.2, -0.15) is 8.42 Å². The number of nitrogens with zero attached hydrogens (tertiary/aromatic N) is 3. The Labute approximate surface area is 247 Å². The smallest absolute Gasteiger partial charge is 0.412 e. The number of hydrogen-bond donors (Lipinski definition) is 2. The van der Waals surface area contributed by atoms with Crippen molar-refractivity contribution in [3.05, 3.63) is 65.7 Å². The quantitative estimate of drug-likeness (QED) is 0.320. The van der Waals surface area contributed by atoms with Gasteiger partial charge in [-0.15, -0.1) is 24.8 Å². The number of ether oxygens (including phenoxy) is 1. The monoisotopic (exact) mass is 611 g/mol. The molecule has 0 saturated carbocycles. The van der Waals surface area contributed by atoms with Gasteiger partial charge in [0.1, 0.15) is 17.7 Å². The Kier molecular flexibility index (Phi) is 12.3. The van der Waals surface area contributed by atoms with Crippen LogP contribution < -0.4 is 14.8 Å². The van der Waals surface area contributed by atoms with E-state index in [1.807, 2.05) is 6.07 Å². The Morgan fingerprint density at radius 3 is 2.48 bits per heavy atom. The molecule has 10 nitrogen and oxygen atoms in total. The van der Waals surface area contributed by atoms with Crippen LogP contribution in [0.2, 0.25) is 0 Å². The van der Waals surface area contributed by atoms with E-state index in [1.54, 1.807) is 54.6 Å². The minimum Gasteiger partial charge on any atom is -0.490 e. The van der Waals surface area contributed by atoms with Crippen LogP contribution in [-0.2, 0) is 19.3 Å². The molecule has 2 heterocycles. The van der Waals surface area contributed by atoms with Gasteiger partial charge in [-0.05, 0) is 42.3 Å². The summed E-state index contributed by atoms with van der Waals surface area (Å²) in [5.74, 6) is 0.868. The van der Waals surface area contributed by atoms with E-state index in [2.05, 4.69) is 14.1 Å². The standard InChI is InChI=1S/C27H33N5O5S.2ClH/c1-20(33)37-38(34,35)32(16-4-6-21-5-2-7-22(19-21)27(28)29)23-9-11-24(12-10-23)36-25-13-17-31(18-14-25)26-8-3-15-30-26;;/h2,4-7,9-12,19,25H,3,8,13-18H2,1H3,(H3,28,29);2*1H/b6-4+;;. The fourth-order valence-corrected chi connectivity index (χ4v) is 5.55. The minimum absolute atomic E-state index is 0. The van der Waals surface area contributed by atoms with Gasteiger partial charge in [-0.1, -0.05) is 30.4 Å². The van der Waals surface area contributed by atoms with Crippen molar-refractivity contribution in [3.63, 3.8) is 0 Å². The summed E-state index contributed by atoms with van der Waals surface area (Å²) in [5, 5.41) is 7.58. The lowest BCUT2D eigenvalue weighted by Crippen LogP contribution is -2.41. The zero-order valence-corrected chi connectivity index (χ0v) is 24.6. The molecule has 2 aromatic carbocycles. The van der Waals surface area contributed by atoms with E-state index in [9.17, 15) is 13.2 Å². The molecule has 1 saturated heterocycles. The Morgan fingerprint density at radius 1 is 1.18 bits per heavy atom. The number of piperidine rings is 1. The second-order valence-corrected chi connectivity index (χ2v) is 10.7. The van der Waals surface area contributed by atoms with Crippen LogP contribution in [0.15, 0.2) is 59.6 Å². The third kappa shape index (κ3) is 8.87. The average Bonchev–Trinajstić information content (AvgIpc) is 3.42. The molecule has 1 fully saturated rings. The summed E-state index contributed by atoms with van der Waals surface area (Å²) in [7, 11) is -4.38. The highest BCUT2D eigenvalue weighted by molar-refractivity contribution is 7.88. The van der Waals surface area contributed by atoms with Crippen LogP contribution in [0.25, 0.3) is 6.08 Å². The van der Waals surface area contributed by atoms with Crippen molar-refractivity contribution in [3.8, 4) is 5.75 Å². The van der Waals surface area contributed by atoms with Gasteiger partial charge in [0, 0.05) is 51.4 Å². The molecule has 0 unspecified atom stereocenters. The Morgan fingerprint density at radius 2 is 1.88 bits per heavy atom. The highest BCUT2D eigenvalue weighted by Gasteiger charge is 2.26. The Hall–Kier alpha value is -3.28. The molecule has 13 heteroatoms. The number of nitrogen functional groups attached to an aromatic ring is 1. The van der Waals surface area contributed by atoms with Crippen molar-refractivity contribution in [2.24, 2.45) is 10.7 Å². The first-order valence-corrected chi connectivity index (χ1v) is 14.0. The molecule has 4 rings (SSSR count). The zero-order chi connectivity index (χ0) is 27.1. The SMILES string of the molecule is CC(=O)OS(=O)(=O)N(C/C=C/c1cccc(C(=N)N)c1)c1ccc(OC2CCN(C3=NCCC3)CC2)cc1.Cl.Cl. The number of aliphatic imine (C=N–C) groups is 1. The molecule has 2 aliphatic rings. The van der Waals surface area contributed by atoms with Crippen molar-refractivity contribution < 1.29 is 22.1 Å². The molecule has 2 aliphatic heterocycles. The van der Waals surface area contributed by atoms with E-state index < -0.39 is 16.3 Å². The second kappa shape index (κ2) is 14.9. The number of hydrogen-bond acceptors (Lipinski definition) is 8. The van der Waals surface area contributed by atoms with Crippen LogP contribution in [0, 0.1) is 5.41 Å². The van der Waals surface area contributed by atoms with Gasteiger partial charge in [0.15, 0.2) is 0 Å². The number of rotatable bonds is 9. The van der Waals surface area contributed by atoms with E-state index in [4.69, 9.17) is 15.9 Å². The lowest BCUT2D eigenvalue weighted by atomic mass is 10.1. The molecular formula is C27H35Cl2N5O5S. The molecule has 0 spiro atoms. The van der Waals surface area contributed by atoms with Crippen molar-refractivity contribution in [2.75, 3.05) is 30.5 Å². The molecule has 40 heavy (non-hydrogen) atoms. The van der Waals surface area contributed by atoms with Crippen molar-refractivity contribution in [2.45, 2.75) is 38.7 Å². The normalized spacial score (nSPS) is 15.5. The van der Waals surface area contributed by atoms with Crippen LogP contribution in [0.1, 0.15) is 43.7 Å². The van der Waals surface area contributed by atoms with Gasteiger partial charge in [0.05, 0.1) is 18.1 Å². The van der Waals surface area contributed by atoms with Gasteiger partial charge >= 0.3 is 16.3 Å². The minimum atomic E-state index is -4.38. The predicted octanol–water partition coefficient (Wildman–Crippen LogP) is 4.18. The highest BCUT2D eigenvalue weighted by atomic mass is 35.5. The number of amidine groups is 2. The number of anilines is 1. The van der Waals surface area contributed by atoms with Gasteiger partial charge in [-0.3, -0.25) is 15.2 Å². The molecule has 0 atom stereocenters. The summed E-state index contributed by atoms with van der Waals surface area (Å²) in [6.07, 6.45) is 7.39. The molecule has 218 valence electrons. The Bertz CT molecular complexity index is 1330. The number of carbonyl (C=O) groups is 1. The molecule has 0 aliphatic carbocycles. The zero-order valence-electron chi connectivity index (χ0n) is 22.2. The summed E-state index contributed by atoms with van der Waals surface area (Å²) in [6.45, 7) is 3.71. The third-order valence-corrected chi connectivity index (χ3v) is 7.70.